The van der Waals surface area contributed by atoms with Gasteiger partial charge in [0, 0.05) is 46.3 Å². The number of quaternary nitrogens is 1. The van der Waals surface area contributed by atoms with E-state index in [-0.39, 0.29) is 24.0 Å². The van der Waals surface area contributed by atoms with Crippen LogP contribution >= 0.6 is 22.6 Å². The zero-order chi connectivity index (χ0) is 21.4. The summed E-state index contributed by atoms with van der Waals surface area (Å²) in [7, 11) is 10.8. The highest BCUT2D eigenvalue weighted by molar-refractivity contribution is 14.1. The Hall–Kier alpha value is -1.10. The van der Waals surface area contributed by atoms with Gasteiger partial charge in [-0.2, -0.15) is 0 Å². The van der Waals surface area contributed by atoms with Gasteiger partial charge in [-0.05, 0) is 36.7 Å². The summed E-state index contributed by atoms with van der Waals surface area (Å²) in [5.74, 6) is 0. The second kappa shape index (κ2) is 12.7. The zero-order valence-corrected chi connectivity index (χ0v) is 23.2. The van der Waals surface area contributed by atoms with E-state index in [1.807, 2.05) is 4.93 Å². The third-order valence-corrected chi connectivity index (χ3v) is 4.48. The molecule has 0 unspecified atom stereocenters. The van der Waals surface area contributed by atoms with Crippen LogP contribution in [0.25, 0.3) is 21.8 Å². The van der Waals surface area contributed by atoms with E-state index in [2.05, 4.69) is 134 Å². The first-order chi connectivity index (χ1) is 13.8. The van der Waals surface area contributed by atoms with Crippen molar-refractivity contribution in [2.75, 3.05) is 40.2 Å². The molecule has 0 bridgehead atoms. The van der Waals surface area contributed by atoms with Gasteiger partial charge in [-0.25, -0.2) is 0 Å². The summed E-state index contributed by atoms with van der Waals surface area (Å²) in [6, 6.07) is 16.8. The number of para-hydroxylation sites is 2. The van der Waals surface area contributed by atoms with Gasteiger partial charge in [0.2, 0.25) is 0 Å². The van der Waals surface area contributed by atoms with E-state index < -0.39 is 0 Å². The Morgan fingerprint density at radius 1 is 0.767 bits per heavy atom. The lowest BCUT2D eigenvalue weighted by atomic mass is 10.1. The molecule has 4 rings (SSSR count). The Labute approximate surface area is 211 Å². The van der Waals surface area contributed by atoms with Crippen molar-refractivity contribution in [3.05, 3.63) is 72.1 Å². The molecule has 0 radical (unpaired) electrons. The third-order valence-electron chi connectivity index (χ3n) is 4.48. The van der Waals surface area contributed by atoms with Crippen molar-refractivity contribution in [3.63, 3.8) is 0 Å². The van der Waals surface area contributed by atoms with Gasteiger partial charge in [0.25, 0.3) is 0 Å². The van der Waals surface area contributed by atoms with Gasteiger partial charge in [0.05, 0.1) is 21.1 Å². The molecule has 30 heavy (non-hydrogen) atoms. The van der Waals surface area contributed by atoms with E-state index in [0.717, 1.165) is 17.6 Å². The summed E-state index contributed by atoms with van der Waals surface area (Å²) in [5.41, 5.74) is 5.21. The van der Waals surface area contributed by atoms with Crippen molar-refractivity contribution >= 4 is 44.4 Å². The number of hydrogen-bond donors (Lipinski definition) is 2. The first-order valence-electron chi connectivity index (χ1n) is 9.76. The summed E-state index contributed by atoms with van der Waals surface area (Å²) in [6.45, 7) is 2.05. The largest absolute Gasteiger partial charge is 1.00 e. The predicted molar refractivity (Wildman–Crippen MR) is 136 cm³/mol. The predicted octanol–water partition coefficient (Wildman–Crippen LogP) is 2.66. The van der Waals surface area contributed by atoms with E-state index in [9.17, 15) is 0 Å². The highest BCUT2D eigenvalue weighted by atomic mass is 127. The zero-order valence-electron chi connectivity index (χ0n) is 18.8. The number of halogens is 2. The van der Waals surface area contributed by atoms with Gasteiger partial charge in [-0.1, -0.05) is 59.0 Å². The number of hydrogen-bond acceptors (Lipinski definition) is 1. The van der Waals surface area contributed by atoms with E-state index in [1.54, 1.807) is 0 Å². The summed E-state index contributed by atoms with van der Waals surface area (Å²) < 4.78 is 0.960. The highest BCUT2D eigenvalue weighted by Gasteiger charge is 2.12. The van der Waals surface area contributed by atoms with Crippen LogP contribution in [0.3, 0.4) is 0 Å². The van der Waals surface area contributed by atoms with Crippen LogP contribution in [0.5, 0.6) is 0 Å². The SMILES string of the molecule is CI.CN(C)Cc1c[nH]c2ccccc12.C[N+](C)(C)Cc1c[nH]c2ccccc12.[I-]. The molecule has 0 saturated heterocycles. The van der Waals surface area contributed by atoms with E-state index in [4.69, 9.17) is 0 Å². The Balaban J connectivity index is 0.000000270. The molecule has 0 spiro atoms. The molecular formula is C24H34I2N4. The number of aromatic amines is 2. The Kier molecular flexibility index (Phi) is 11.4. The maximum Gasteiger partial charge on any atom is 0.106 e. The lowest BCUT2D eigenvalue weighted by Gasteiger charge is -2.23. The molecular weight excluding hydrogens is 598 g/mol. The minimum atomic E-state index is 0. The minimum absolute atomic E-state index is 0. The maximum atomic E-state index is 3.30. The lowest BCUT2D eigenvalue weighted by molar-refractivity contribution is -0.883. The van der Waals surface area contributed by atoms with Crippen LogP contribution in [0.4, 0.5) is 0 Å². The fourth-order valence-electron chi connectivity index (χ4n) is 3.38. The van der Waals surface area contributed by atoms with Crippen molar-refractivity contribution < 1.29 is 28.5 Å². The monoisotopic (exact) mass is 632 g/mol. The average molecular weight is 632 g/mol. The molecule has 0 aliphatic heterocycles. The molecule has 4 nitrogen and oxygen atoms in total. The standard InChI is InChI=1S/C12H17N2.C11H14N2.CH3I.HI/c1-14(2,3)9-10-8-13-12-7-5-4-6-11(10)12;1-13(2)8-9-7-12-11-6-4-3-5-10(9)11;1-2;/h4-8,13H,9H2,1-3H3;3-7,12H,8H2,1-2H3;1H3;1H/q+1;;;/p-1. The van der Waals surface area contributed by atoms with Crippen LogP contribution in [0.1, 0.15) is 11.1 Å². The van der Waals surface area contributed by atoms with Crippen LogP contribution in [-0.2, 0) is 13.1 Å². The van der Waals surface area contributed by atoms with E-state index in [0.29, 0.717) is 0 Å². The number of H-pyrrole nitrogens is 2. The van der Waals surface area contributed by atoms with Crippen molar-refractivity contribution in [2.24, 2.45) is 0 Å². The molecule has 4 aromatic rings. The van der Waals surface area contributed by atoms with Gasteiger partial charge in [-0.3, -0.25) is 0 Å². The number of aromatic nitrogens is 2. The minimum Gasteiger partial charge on any atom is -1.00 e. The Bertz CT molecular complexity index is 1010. The number of alkyl halides is 1. The number of rotatable bonds is 4. The summed E-state index contributed by atoms with van der Waals surface area (Å²) >= 11 is 2.15. The topological polar surface area (TPSA) is 34.8 Å². The van der Waals surface area contributed by atoms with Crippen molar-refractivity contribution in [1.29, 1.82) is 0 Å². The molecule has 0 aliphatic rings. The normalized spacial score (nSPS) is 10.8. The quantitative estimate of drug-likeness (QED) is 0.203. The fourth-order valence-corrected chi connectivity index (χ4v) is 3.38. The first kappa shape index (κ1) is 26.9. The van der Waals surface area contributed by atoms with Gasteiger partial charge < -0.3 is 43.3 Å². The molecule has 0 aliphatic carbocycles. The van der Waals surface area contributed by atoms with Gasteiger partial charge >= 0.3 is 0 Å². The van der Waals surface area contributed by atoms with Gasteiger partial charge in [0.15, 0.2) is 0 Å². The molecule has 6 heteroatoms. The molecule has 2 N–H and O–H groups in total. The second-order valence-electron chi connectivity index (χ2n) is 8.41. The number of nitrogens with zero attached hydrogens (tertiary/aromatic N) is 2. The fraction of sp³-hybridized carbons (Fsp3) is 0.333. The molecule has 0 saturated carbocycles. The van der Waals surface area contributed by atoms with Crippen LogP contribution in [0.2, 0.25) is 0 Å². The summed E-state index contributed by atoms with van der Waals surface area (Å²) in [6.07, 6.45) is 4.21. The first-order valence-corrected chi connectivity index (χ1v) is 11.9. The molecule has 2 aromatic heterocycles. The number of benzene rings is 2. The van der Waals surface area contributed by atoms with Crippen LogP contribution < -0.4 is 24.0 Å². The van der Waals surface area contributed by atoms with E-state index in [1.165, 1.54) is 32.9 Å². The molecule has 0 atom stereocenters. The number of fused-ring (bicyclic) bond motifs is 2. The molecule has 0 amide bonds. The average Bonchev–Trinajstić information content (AvgIpc) is 3.27. The third kappa shape index (κ3) is 7.86. The molecule has 2 heterocycles. The van der Waals surface area contributed by atoms with E-state index >= 15 is 0 Å². The smallest absolute Gasteiger partial charge is 0.106 e. The molecule has 2 aromatic carbocycles. The second-order valence-corrected chi connectivity index (χ2v) is 8.41. The van der Waals surface area contributed by atoms with Gasteiger partial charge in [-0.15, -0.1) is 0 Å². The lowest BCUT2D eigenvalue weighted by Crippen LogP contribution is -3.00. The number of nitrogens with one attached hydrogen (secondary N) is 2. The summed E-state index contributed by atoms with van der Waals surface area (Å²) in [4.78, 5) is 10.7. The van der Waals surface area contributed by atoms with Crippen molar-refractivity contribution in [1.82, 2.24) is 14.9 Å². The Morgan fingerprint density at radius 2 is 1.20 bits per heavy atom. The molecule has 0 fully saturated rings. The van der Waals surface area contributed by atoms with Crippen molar-refractivity contribution in [2.45, 2.75) is 13.1 Å². The highest BCUT2D eigenvalue weighted by Crippen LogP contribution is 2.20. The van der Waals surface area contributed by atoms with Crippen LogP contribution in [-0.4, -0.2) is 59.5 Å². The molecule has 164 valence electrons. The maximum absolute atomic E-state index is 3.30. The Morgan fingerprint density at radius 3 is 1.67 bits per heavy atom. The van der Waals surface area contributed by atoms with Crippen molar-refractivity contribution in [3.8, 4) is 0 Å². The van der Waals surface area contributed by atoms with Gasteiger partial charge in [0.1, 0.15) is 6.54 Å². The van der Waals surface area contributed by atoms with Crippen LogP contribution in [0, 0.1) is 0 Å². The van der Waals surface area contributed by atoms with Crippen LogP contribution in [0.15, 0.2) is 60.9 Å². The summed E-state index contributed by atoms with van der Waals surface area (Å²) in [5, 5.41) is 2.68.